The van der Waals surface area contributed by atoms with Crippen molar-refractivity contribution in [1.82, 2.24) is 20.2 Å². The summed E-state index contributed by atoms with van der Waals surface area (Å²) in [4.78, 5) is 7.31. The summed E-state index contributed by atoms with van der Waals surface area (Å²) in [6.45, 7) is 3.95. The molecule has 4 rings (SSSR count). The van der Waals surface area contributed by atoms with Crippen LogP contribution >= 0.6 is 0 Å². The average Bonchev–Trinajstić information content (AvgIpc) is 3.16. The lowest BCUT2D eigenvalue weighted by Gasteiger charge is -2.44. The third-order valence-electron chi connectivity index (χ3n) is 5.17. The first kappa shape index (κ1) is 17.9. The number of hydrogen-bond acceptors (Lipinski definition) is 5. The Morgan fingerprint density at radius 3 is 2.79 bits per heavy atom. The fourth-order valence-electron chi connectivity index (χ4n) is 3.39. The zero-order valence-electron chi connectivity index (χ0n) is 15.3. The van der Waals surface area contributed by atoms with Gasteiger partial charge in [-0.15, -0.1) is 10.2 Å². The van der Waals surface area contributed by atoms with Gasteiger partial charge in [0, 0.05) is 11.1 Å². The highest BCUT2D eigenvalue weighted by Gasteiger charge is 2.41. The van der Waals surface area contributed by atoms with E-state index < -0.39 is 5.54 Å². The van der Waals surface area contributed by atoms with Crippen LogP contribution in [0.4, 0.5) is 10.2 Å². The van der Waals surface area contributed by atoms with Crippen LogP contribution in [0.3, 0.4) is 0 Å². The van der Waals surface area contributed by atoms with Gasteiger partial charge in [0.15, 0.2) is 0 Å². The molecular weight excluding hydrogens is 355 g/mol. The van der Waals surface area contributed by atoms with Crippen LogP contribution in [0.5, 0.6) is 0 Å². The van der Waals surface area contributed by atoms with Crippen molar-refractivity contribution in [2.45, 2.75) is 24.8 Å². The first-order valence-electron chi connectivity index (χ1n) is 9.10. The van der Waals surface area contributed by atoms with Gasteiger partial charge in [-0.2, -0.15) is 0 Å². The average molecular weight is 376 g/mol. The van der Waals surface area contributed by atoms with E-state index in [9.17, 15) is 4.39 Å². The Labute approximate surface area is 162 Å². The van der Waals surface area contributed by atoms with Crippen LogP contribution in [0.15, 0.2) is 73.0 Å². The van der Waals surface area contributed by atoms with Gasteiger partial charge in [0.1, 0.15) is 11.6 Å². The van der Waals surface area contributed by atoms with E-state index in [4.69, 9.17) is 5.73 Å². The van der Waals surface area contributed by atoms with E-state index >= 15 is 0 Å². The number of fused-ring (bicyclic) bond motifs is 1. The highest BCUT2D eigenvalue weighted by Crippen LogP contribution is 2.43. The molecule has 0 aliphatic heterocycles. The molecule has 0 spiro atoms. The van der Waals surface area contributed by atoms with E-state index in [1.54, 1.807) is 6.33 Å². The van der Waals surface area contributed by atoms with Gasteiger partial charge in [-0.3, -0.25) is 0 Å². The van der Waals surface area contributed by atoms with Gasteiger partial charge in [0.05, 0.1) is 28.6 Å². The van der Waals surface area contributed by atoms with E-state index in [1.165, 1.54) is 18.4 Å². The first-order chi connectivity index (χ1) is 13.6. The second-order valence-corrected chi connectivity index (χ2v) is 6.88. The molecule has 28 heavy (non-hydrogen) atoms. The lowest BCUT2D eigenvalue weighted by molar-refractivity contribution is 0.322. The number of nitrogens with two attached hydrogens (primary N) is 1. The Morgan fingerprint density at radius 2 is 2.11 bits per heavy atom. The summed E-state index contributed by atoms with van der Waals surface area (Å²) in [5, 5.41) is 11.9. The standard InChI is InChI=1S/C21H21FN6/c1-14(16(22)4-2-11-23)21(9-3-10-21)26-20-8-7-17(27-28-20)15-5-6-18-19(12-15)25-13-24-18/h2,4-8,11-13H,1,3,9-10,23H2,(H,24,25)(H,26,28)/b11-2-,16-4+. The normalized spacial score (nSPS) is 16.2. The number of benzene rings is 1. The smallest absolute Gasteiger partial charge is 0.149 e. The number of imidazole rings is 1. The number of aromatic nitrogens is 4. The number of anilines is 1. The number of hydrogen-bond donors (Lipinski definition) is 3. The predicted octanol–water partition coefficient (Wildman–Crippen LogP) is 4.24. The number of halogens is 1. The molecule has 1 aliphatic carbocycles. The predicted molar refractivity (Wildman–Crippen MR) is 109 cm³/mol. The molecule has 1 saturated carbocycles. The second-order valence-electron chi connectivity index (χ2n) is 6.88. The van der Waals surface area contributed by atoms with Crippen molar-refractivity contribution in [2.24, 2.45) is 5.73 Å². The van der Waals surface area contributed by atoms with Crippen molar-refractivity contribution in [3.8, 4) is 11.3 Å². The molecule has 3 aromatic rings. The highest BCUT2D eigenvalue weighted by atomic mass is 19.1. The minimum absolute atomic E-state index is 0.383. The summed E-state index contributed by atoms with van der Waals surface area (Å²) in [7, 11) is 0. The Hall–Kier alpha value is -3.48. The van der Waals surface area contributed by atoms with Crippen LogP contribution in [0.1, 0.15) is 19.3 Å². The molecule has 1 fully saturated rings. The lowest BCUT2D eigenvalue weighted by atomic mass is 9.71. The molecular formula is C21H21FN6. The minimum atomic E-state index is -0.534. The van der Waals surface area contributed by atoms with Crippen molar-refractivity contribution in [3.05, 3.63) is 73.0 Å². The lowest BCUT2D eigenvalue weighted by Crippen LogP contribution is -2.47. The van der Waals surface area contributed by atoms with Gasteiger partial charge < -0.3 is 16.0 Å². The van der Waals surface area contributed by atoms with E-state index in [0.29, 0.717) is 11.4 Å². The molecule has 0 unspecified atom stereocenters. The van der Waals surface area contributed by atoms with Crippen LogP contribution in [-0.2, 0) is 0 Å². The fourth-order valence-corrected chi connectivity index (χ4v) is 3.39. The fraction of sp³-hybridized carbons (Fsp3) is 0.190. The molecule has 0 saturated heterocycles. The van der Waals surface area contributed by atoms with Gasteiger partial charge in [0.2, 0.25) is 0 Å². The number of allylic oxidation sites excluding steroid dienone is 2. The third kappa shape index (κ3) is 3.26. The Morgan fingerprint density at radius 1 is 1.25 bits per heavy atom. The Balaban J connectivity index is 1.54. The zero-order chi connectivity index (χ0) is 19.6. The zero-order valence-corrected chi connectivity index (χ0v) is 15.3. The molecule has 0 radical (unpaired) electrons. The van der Waals surface area contributed by atoms with E-state index in [2.05, 4.69) is 32.1 Å². The van der Waals surface area contributed by atoms with E-state index in [1.807, 2.05) is 30.3 Å². The summed E-state index contributed by atoms with van der Waals surface area (Å²) < 4.78 is 14.4. The molecule has 142 valence electrons. The summed E-state index contributed by atoms with van der Waals surface area (Å²) in [5.74, 6) is 0.209. The maximum Gasteiger partial charge on any atom is 0.149 e. The maximum absolute atomic E-state index is 14.4. The van der Waals surface area contributed by atoms with Crippen LogP contribution in [0.25, 0.3) is 22.3 Å². The summed E-state index contributed by atoms with van der Waals surface area (Å²) in [6.07, 6.45) is 8.32. The maximum atomic E-state index is 14.4. The molecule has 6 nitrogen and oxygen atoms in total. The van der Waals surface area contributed by atoms with E-state index in [0.717, 1.165) is 41.6 Å². The number of nitrogens with zero attached hydrogens (tertiary/aromatic N) is 3. The van der Waals surface area contributed by atoms with Crippen molar-refractivity contribution in [3.63, 3.8) is 0 Å². The highest BCUT2D eigenvalue weighted by molar-refractivity contribution is 5.80. The van der Waals surface area contributed by atoms with Crippen molar-refractivity contribution in [1.29, 1.82) is 0 Å². The summed E-state index contributed by atoms with van der Waals surface area (Å²) in [6, 6.07) is 9.63. The van der Waals surface area contributed by atoms with E-state index in [-0.39, 0.29) is 5.83 Å². The van der Waals surface area contributed by atoms with Crippen molar-refractivity contribution >= 4 is 16.9 Å². The van der Waals surface area contributed by atoms with Gasteiger partial charge in [0.25, 0.3) is 0 Å². The molecule has 0 atom stereocenters. The van der Waals surface area contributed by atoms with Crippen LogP contribution < -0.4 is 11.1 Å². The number of nitrogens with one attached hydrogen (secondary N) is 2. The third-order valence-corrected chi connectivity index (χ3v) is 5.17. The van der Waals surface area contributed by atoms with Gasteiger partial charge in [-0.25, -0.2) is 9.37 Å². The molecule has 0 amide bonds. The minimum Gasteiger partial charge on any atom is -0.405 e. The van der Waals surface area contributed by atoms with Gasteiger partial charge >= 0.3 is 0 Å². The molecule has 7 heteroatoms. The molecule has 2 aromatic heterocycles. The number of rotatable bonds is 6. The van der Waals surface area contributed by atoms with Crippen LogP contribution in [0, 0.1) is 0 Å². The van der Waals surface area contributed by atoms with Crippen LogP contribution in [0.2, 0.25) is 0 Å². The molecule has 4 N–H and O–H groups in total. The molecule has 1 aliphatic rings. The molecule has 2 heterocycles. The van der Waals surface area contributed by atoms with Crippen molar-refractivity contribution < 1.29 is 4.39 Å². The number of aromatic amines is 1. The topological polar surface area (TPSA) is 92.5 Å². The van der Waals surface area contributed by atoms with Gasteiger partial charge in [-0.05, 0) is 61.9 Å². The monoisotopic (exact) mass is 376 g/mol. The Bertz CT molecular complexity index is 1060. The second kappa shape index (κ2) is 7.26. The molecule has 1 aromatic carbocycles. The first-order valence-corrected chi connectivity index (χ1v) is 9.10. The summed E-state index contributed by atoms with van der Waals surface area (Å²) in [5.41, 5.74) is 8.70. The van der Waals surface area contributed by atoms with Gasteiger partial charge in [-0.1, -0.05) is 12.6 Å². The number of H-pyrrole nitrogens is 1. The SMILES string of the molecule is C=C(/C(F)=C\C=C/N)C1(Nc2ccc(-c3ccc4nc[nH]c4c3)nn2)CCC1. The largest absolute Gasteiger partial charge is 0.405 e. The van der Waals surface area contributed by atoms with Crippen LogP contribution in [-0.4, -0.2) is 25.7 Å². The summed E-state index contributed by atoms with van der Waals surface area (Å²) >= 11 is 0. The molecule has 0 bridgehead atoms. The Kier molecular flexibility index (Phi) is 4.65. The quantitative estimate of drug-likeness (QED) is 0.560. The van der Waals surface area contributed by atoms with Crippen molar-refractivity contribution in [2.75, 3.05) is 5.32 Å².